The van der Waals surface area contributed by atoms with E-state index in [-0.39, 0.29) is 0 Å². The first kappa shape index (κ1) is 13.8. The molecule has 1 nitrogen and oxygen atoms in total. The molecule has 19 heavy (non-hydrogen) atoms. The summed E-state index contributed by atoms with van der Waals surface area (Å²) in [7, 11) is 0. The molecule has 0 aliphatic rings. The molecule has 0 aliphatic heterocycles. The molecule has 0 saturated heterocycles. The molecule has 2 aromatic rings. The van der Waals surface area contributed by atoms with Gasteiger partial charge >= 0.3 is 0 Å². The lowest BCUT2D eigenvalue weighted by atomic mass is 9.96. The van der Waals surface area contributed by atoms with Crippen molar-refractivity contribution < 1.29 is 5.11 Å². The van der Waals surface area contributed by atoms with Crippen LogP contribution in [0.25, 0.3) is 0 Å². The van der Waals surface area contributed by atoms with Gasteiger partial charge in [-0.1, -0.05) is 54.1 Å². The minimum absolute atomic E-state index is 0.754. The second kappa shape index (κ2) is 5.58. The molecule has 0 aliphatic carbocycles. The number of hydrogen-bond donors (Lipinski definition) is 1. The highest BCUT2D eigenvalue weighted by atomic mass is 16.3. The summed E-state index contributed by atoms with van der Waals surface area (Å²) in [6.07, 6.45) is 2.09. The highest BCUT2D eigenvalue weighted by Gasteiger charge is 2.14. The molecule has 0 amide bonds. The van der Waals surface area contributed by atoms with E-state index in [1.54, 1.807) is 0 Å². The van der Waals surface area contributed by atoms with Gasteiger partial charge in [-0.15, -0.1) is 0 Å². The Balaban J connectivity index is 1.98. The third-order valence-electron chi connectivity index (χ3n) is 3.48. The minimum Gasteiger partial charge on any atom is -0.386 e. The smallest absolute Gasteiger partial charge is 0.0840 e. The normalized spacial score (nSPS) is 11.6. The maximum Gasteiger partial charge on any atom is 0.0840 e. The van der Waals surface area contributed by atoms with Gasteiger partial charge in [0, 0.05) is 0 Å². The van der Waals surface area contributed by atoms with Gasteiger partial charge in [-0.05, 0) is 50.3 Å². The Morgan fingerprint density at radius 3 is 1.63 bits per heavy atom. The number of hydrogen-bond acceptors (Lipinski definition) is 1. The summed E-state index contributed by atoms with van der Waals surface area (Å²) < 4.78 is 0. The van der Waals surface area contributed by atoms with Crippen molar-refractivity contribution in [3.63, 3.8) is 0 Å². The minimum atomic E-state index is -0.754. The van der Waals surface area contributed by atoms with Crippen molar-refractivity contribution in [2.45, 2.75) is 39.2 Å². The number of benzene rings is 2. The van der Waals surface area contributed by atoms with Gasteiger partial charge in [0.2, 0.25) is 0 Å². The summed E-state index contributed by atoms with van der Waals surface area (Å²) in [5.41, 5.74) is 4.20. The molecule has 0 radical (unpaired) electrons. The Bertz CT molecular complexity index is 515. The molecule has 100 valence electrons. The molecule has 2 rings (SSSR count). The molecule has 2 aromatic carbocycles. The Labute approximate surface area is 115 Å². The third kappa shape index (κ3) is 3.93. The molecule has 0 spiro atoms. The van der Waals surface area contributed by atoms with Crippen LogP contribution >= 0.6 is 0 Å². The van der Waals surface area contributed by atoms with E-state index in [4.69, 9.17) is 0 Å². The second-order valence-corrected chi connectivity index (χ2v) is 5.74. The summed E-state index contributed by atoms with van der Waals surface area (Å²) in [5, 5.41) is 9.91. The van der Waals surface area contributed by atoms with Crippen LogP contribution in [-0.2, 0) is 18.4 Å². The summed E-state index contributed by atoms with van der Waals surface area (Å²) in [6, 6.07) is 17.0. The van der Waals surface area contributed by atoms with E-state index in [1.807, 2.05) is 26.0 Å². The number of rotatable bonds is 4. The maximum atomic E-state index is 9.91. The Morgan fingerprint density at radius 1 is 0.789 bits per heavy atom. The number of aliphatic hydroxyl groups is 1. The van der Waals surface area contributed by atoms with Gasteiger partial charge in [0.15, 0.2) is 0 Å². The molecule has 1 heteroatoms. The second-order valence-electron chi connectivity index (χ2n) is 5.74. The van der Waals surface area contributed by atoms with Crippen LogP contribution in [0.5, 0.6) is 0 Å². The zero-order valence-corrected chi connectivity index (χ0v) is 12.0. The van der Waals surface area contributed by atoms with Crippen LogP contribution in [0.4, 0.5) is 0 Å². The van der Waals surface area contributed by atoms with Gasteiger partial charge in [-0.2, -0.15) is 0 Å². The van der Waals surface area contributed by atoms with Crippen molar-refractivity contribution in [2.24, 2.45) is 0 Å². The van der Waals surface area contributed by atoms with Crippen LogP contribution < -0.4 is 0 Å². The van der Waals surface area contributed by atoms with Crippen molar-refractivity contribution >= 4 is 0 Å². The van der Waals surface area contributed by atoms with E-state index in [2.05, 4.69) is 43.3 Å². The predicted octanol–water partition coefficient (Wildman–Crippen LogP) is 4.01. The lowest BCUT2D eigenvalue weighted by molar-refractivity contribution is 0.0786. The Hall–Kier alpha value is -1.60. The van der Waals surface area contributed by atoms with Crippen molar-refractivity contribution in [1.82, 2.24) is 0 Å². The van der Waals surface area contributed by atoms with Crippen LogP contribution in [0.1, 0.15) is 36.1 Å². The van der Waals surface area contributed by atoms with E-state index in [0.717, 1.165) is 18.4 Å². The van der Waals surface area contributed by atoms with Crippen LogP contribution in [-0.4, -0.2) is 5.11 Å². The monoisotopic (exact) mass is 254 g/mol. The first-order valence-electron chi connectivity index (χ1n) is 6.82. The highest BCUT2D eigenvalue weighted by molar-refractivity contribution is 5.28. The van der Waals surface area contributed by atoms with Crippen molar-refractivity contribution in [3.05, 3.63) is 70.8 Å². The topological polar surface area (TPSA) is 20.2 Å². The molecule has 0 saturated carbocycles. The molecule has 0 atom stereocenters. The lowest BCUT2D eigenvalue weighted by Gasteiger charge is -2.17. The van der Waals surface area contributed by atoms with Gasteiger partial charge in [0.05, 0.1) is 5.60 Å². The van der Waals surface area contributed by atoms with E-state index in [1.165, 1.54) is 16.7 Å². The molecule has 0 bridgehead atoms. The largest absolute Gasteiger partial charge is 0.386 e. The lowest BCUT2D eigenvalue weighted by Crippen LogP contribution is -2.15. The first-order chi connectivity index (χ1) is 8.95. The highest BCUT2D eigenvalue weighted by Crippen LogP contribution is 2.20. The fourth-order valence-corrected chi connectivity index (χ4v) is 2.12. The van der Waals surface area contributed by atoms with Crippen LogP contribution in [0.3, 0.4) is 0 Å². The maximum absolute atomic E-state index is 9.91. The quantitative estimate of drug-likeness (QED) is 0.874. The van der Waals surface area contributed by atoms with Crippen molar-refractivity contribution in [3.8, 4) is 0 Å². The third-order valence-corrected chi connectivity index (χ3v) is 3.48. The van der Waals surface area contributed by atoms with Gasteiger partial charge in [0.25, 0.3) is 0 Å². The Kier molecular flexibility index (Phi) is 4.06. The van der Waals surface area contributed by atoms with E-state index in [9.17, 15) is 5.11 Å². The van der Waals surface area contributed by atoms with Gasteiger partial charge in [-0.3, -0.25) is 0 Å². The molecular weight excluding hydrogens is 232 g/mol. The summed E-state index contributed by atoms with van der Waals surface area (Å²) in [4.78, 5) is 0. The number of aryl methyl sites for hydroxylation is 3. The van der Waals surface area contributed by atoms with E-state index < -0.39 is 5.60 Å². The van der Waals surface area contributed by atoms with Gasteiger partial charge in [-0.25, -0.2) is 0 Å². The molecular formula is C18H22O. The van der Waals surface area contributed by atoms with Crippen LogP contribution in [0.2, 0.25) is 0 Å². The zero-order chi connectivity index (χ0) is 13.9. The fraction of sp³-hybridized carbons (Fsp3) is 0.333. The zero-order valence-electron chi connectivity index (χ0n) is 12.0. The molecule has 0 aromatic heterocycles. The first-order valence-corrected chi connectivity index (χ1v) is 6.82. The SMILES string of the molecule is Cc1ccc(CCc2ccc(C(C)(C)O)cc2)cc1. The van der Waals surface area contributed by atoms with Gasteiger partial charge < -0.3 is 5.11 Å². The fourth-order valence-electron chi connectivity index (χ4n) is 2.12. The van der Waals surface area contributed by atoms with E-state index in [0.29, 0.717) is 0 Å². The van der Waals surface area contributed by atoms with Gasteiger partial charge in [0.1, 0.15) is 0 Å². The summed E-state index contributed by atoms with van der Waals surface area (Å²) in [5.74, 6) is 0. The van der Waals surface area contributed by atoms with E-state index >= 15 is 0 Å². The molecule has 0 heterocycles. The van der Waals surface area contributed by atoms with Crippen molar-refractivity contribution in [2.75, 3.05) is 0 Å². The Morgan fingerprint density at radius 2 is 1.21 bits per heavy atom. The average Bonchev–Trinajstić information content (AvgIpc) is 2.37. The van der Waals surface area contributed by atoms with Crippen LogP contribution in [0.15, 0.2) is 48.5 Å². The predicted molar refractivity (Wildman–Crippen MR) is 80.3 cm³/mol. The molecule has 1 N–H and O–H groups in total. The average molecular weight is 254 g/mol. The van der Waals surface area contributed by atoms with Crippen molar-refractivity contribution in [1.29, 1.82) is 0 Å². The summed E-state index contributed by atoms with van der Waals surface area (Å²) in [6.45, 7) is 5.74. The van der Waals surface area contributed by atoms with Crippen LogP contribution in [0, 0.1) is 6.92 Å². The standard InChI is InChI=1S/C18H22O/c1-14-4-6-15(7-5-14)8-9-16-10-12-17(13-11-16)18(2,3)19/h4-7,10-13,19H,8-9H2,1-3H3. The molecule has 0 unspecified atom stereocenters. The molecule has 0 fully saturated rings. The summed E-state index contributed by atoms with van der Waals surface area (Å²) >= 11 is 0.